The molecule has 1 unspecified atom stereocenters. The number of nitrogens with one attached hydrogen (secondary N) is 1. The molecule has 6 heteroatoms. The van der Waals surface area contributed by atoms with Crippen molar-refractivity contribution >= 4 is 11.5 Å². The van der Waals surface area contributed by atoms with Crippen molar-refractivity contribution in [3.8, 4) is 0 Å². The standard InChI is InChI=1S/C13H19N5O/c1-9-7-12(15-5-4-14)18-13(16-9)8-10(17-18)11-3-2-6-19-11/h7-8,11,15H,2-6,14H2,1H3. The Morgan fingerprint density at radius 1 is 1.53 bits per heavy atom. The highest BCUT2D eigenvalue weighted by atomic mass is 16.5. The fourth-order valence-corrected chi connectivity index (χ4v) is 2.41. The molecule has 0 spiro atoms. The number of aryl methyl sites for hydroxylation is 1. The Bertz CT molecular complexity index is 574. The van der Waals surface area contributed by atoms with Crippen LogP contribution in [0.15, 0.2) is 12.1 Å². The number of nitrogens with zero attached hydrogens (tertiary/aromatic N) is 3. The third-order valence-corrected chi connectivity index (χ3v) is 3.28. The first kappa shape index (κ1) is 12.4. The summed E-state index contributed by atoms with van der Waals surface area (Å²) in [6.45, 7) is 4.10. The lowest BCUT2D eigenvalue weighted by Gasteiger charge is -2.08. The monoisotopic (exact) mass is 261 g/mol. The molecule has 1 saturated heterocycles. The maximum atomic E-state index is 5.68. The fraction of sp³-hybridized carbons (Fsp3) is 0.538. The van der Waals surface area contributed by atoms with E-state index in [2.05, 4.69) is 15.4 Å². The molecule has 3 heterocycles. The van der Waals surface area contributed by atoms with Crippen molar-refractivity contribution in [2.45, 2.75) is 25.9 Å². The highest BCUT2D eigenvalue weighted by molar-refractivity contribution is 5.50. The zero-order valence-corrected chi connectivity index (χ0v) is 11.1. The number of aromatic nitrogens is 3. The average Bonchev–Trinajstić information content (AvgIpc) is 3.03. The molecule has 19 heavy (non-hydrogen) atoms. The minimum absolute atomic E-state index is 0.115. The molecule has 1 aliphatic rings. The molecule has 1 aliphatic heterocycles. The largest absolute Gasteiger partial charge is 0.372 e. The third-order valence-electron chi connectivity index (χ3n) is 3.28. The predicted molar refractivity (Wildman–Crippen MR) is 73.2 cm³/mol. The first-order chi connectivity index (χ1) is 9.28. The maximum absolute atomic E-state index is 5.68. The predicted octanol–water partition coefficient (Wildman–Crippen LogP) is 1.26. The van der Waals surface area contributed by atoms with Crippen LogP contribution in [0.1, 0.15) is 30.3 Å². The topological polar surface area (TPSA) is 77.5 Å². The first-order valence-electron chi connectivity index (χ1n) is 6.71. The molecule has 6 nitrogen and oxygen atoms in total. The molecule has 102 valence electrons. The molecule has 0 saturated carbocycles. The second-order valence-corrected chi connectivity index (χ2v) is 4.84. The van der Waals surface area contributed by atoms with Gasteiger partial charge >= 0.3 is 0 Å². The van der Waals surface area contributed by atoms with Gasteiger partial charge in [-0.05, 0) is 19.8 Å². The molecule has 3 rings (SSSR count). The Labute approximate surface area is 112 Å². The van der Waals surface area contributed by atoms with Gasteiger partial charge in [0.25, 0.3) is 0 Å². The van der Waals surface area contributed by atoms with E-state index in [1.54, 1.807) is 0 Å². The third kappa shape index (κ3) is 2.41. The molecule has 0 aliphatic carbocycles. The Kier molecular flexibility index (Phi) is 3.35. The minimum atomic E-state index is 0.115. The van der Waals surface area contributed by atoms with E-state index in [0.29, 0.717) is 13.1 Å². The molecule has 0 radical (unpaired) electrons. The number of anilines is 1. The smallest absolute Gasteiger partial charge is 0.157 e. The van der Waals surface area contributed by atoms with Crippen LogP contribution in [0.4, 0.5) is 5.82 Å². The van der Waals surface area contributed by atoms with Gasteiger partial charge in [-0.25, -0.2) is 4.98 Å². The van der Waals surface area contributed by atoms with Crippen molar-refractivity contribution in [3.05, 3.63) is 23.5 Å². The molecule has 1 atom stereocenters. The zero-order chi connectivity index (χ0) is 13.2. The van der Waals surface area contributed by atoms with Crippen molar-refractivity contribution in [2.24, 2.45) is 5.73 Å². The van der Waals surface area contributed by atoms with Gasteiger partial charge < -0.3 is 15.8 Å². The van der Waals surface area contributed by atoms with E-state index in [9.17, 15) is 0 Å². The van der Waals surface area contributed by atoms with Crippen LogP contribution in [0.25, 0.3) is 5.65 Å². The summed E-state index contributed by atoms with van der Waals surface area (Å²) < 4.78 is 7.51. The summed E-state index contributed by atoms with van der Waals surface area (Å²) in [7, 11) is 0. The van der Waals surface area contributed by atoms with Crippen molar-refractivity contribution in [3.63, 3.8) is 0 Å². The summed E-state index contributed by atoms with van der Waals surface area (Å²) in [5.41, 5.74) is 8.32. The van der Waals surface area contributed by atoms with Gasteiger partial charge in [0.15, 0.2) is 5.65 Å². The highest BCUT2D eigenvalue weighted by Crippen LogP contribution is 2.28. The van der Waals surface area contributed by atoms with E-state index in [-0.39, 0.29) is 6.10 Å². The van der Waals surface area contributed by atoms with Gasteiger partial charge in [-0.1, -0.05) is 0 Å². The zero-order valence-electron chi connectivity index (χ0n) is 11.1. The van der Waals surface area contributed by atoms with Gasteiger partial charge in [0, 0.05) is 37.5 Å². The van der Waals surface area contributed by atoms with Gasteiger partial charge in [0.05, 0.1) is 5.69 Å². The van der Waals surface area contributed by atoms with Crippen LogP contribution >= 0.6 is 0 Å². The van der Waals surface area contributed by atoms with E-state index >= 15 is 0 Å². The van der Waals surface area contributed by atoms with Crippen LogP contribution in [-0.4, -0.2) is 34.3 Å². The molecule has 0 aromatic carbocycles. The molecule has 0 amide bonds. The second-order valence-electron chi connectivity index (χ2n) is 4.84. The molecule has 0 bridgehead atoms. The van der Waals surface area contributed by atoms with Gasteiger partial charge in [-0.2, -0.15) is 9.61 Å². The number of ether oxygens (including phenoxy) is 1. The first-order valence-corrected chi connectivity index (χ1v) is 6.71. The summed E-state index contributed by atoms with van der Waals surface area (Å²) in [5, 5.41) is 7.89. The maximum Gasteiger partial charge on any atom is 0.157 e. The Morgan fingerprint density at radius 2 is 2.42 bits per heavy atom. The van der Waals surface area contributed by atoms with Crippen LogP contribution < -0.4 is 11.1 Å². The SMILES string of the molecule is Cc1cc(NCCN)n2nc(C3CCCO3)cc2n1. The highest BCUT2D eigenvalue weighted by Gasteiger charge is 2.21. The van der Waals surface area contributed by atoms with E-state index in [1.165, 1.54) is 0 Å². The summed E-state index contributed by atoms with van der Waals surface area (Å²) in [4.78, 5) is 4.51. The number of rotatable bonds is 4. The number of hydrogen-bond acceptors (Lipinski definition) is 5. The molecule has 2 aromatic heterocycles. The number of hydrogen-bond donors (Lipinski definition) is 2. The van der Waals surface area contributed by atoms with Crippen molar-refractivity contribution < 1.29 is 4.74 Å². The van der Waals surface area contributed by atoms with Gasteiger partial charge in [0.1, 0.15) is 11.9 Å². The van der Waals surface area contributed by atoms with Crippen molar-refractivity contribution in [1.29, 1.82) is 0 Å². The molecule has 2 aromatic rings. The molecular formula is C13H19N5O. The summed E-state index contributed by atoms with van der Waals surface area (Å²) in [5.74, 6) is 0.928. The average molecular weight is 261 g/mol. The van der Waals surface area contributed by atoms with Crippen molar-refractivity contribution in [2.75, 3.05) is 25.0 Å². The van der Waals surface area contributed by atoms with Crippen LogP contribution in [0.5, 0.6) is 0 Å². The Morgan fingerprint density at radius 3 is 3.16 bits per heavy atom. The Balaban J connectivity index is 2.00. The van der Waals surface area contributed by atoms with Crippen molar-refractivity contribution in [1.82, 2.24) is 14.6 Å². The molecule has 1 fully saturated rings. The number of fused-ring (bicyclic) bond motifs is 1. The van der Waals surface area contributed by atoms with E-state index in [4.69, 9.17) is 10.5 Å². The lowest BCUT2D eigenvalue weighted by Crippen LogP contribution is -2.15. The fourth-order valence-electron chi connectivity index (χ4n) is 2.41. The lowest BCUT2D eigenvalue weighted by atomic mass is 10.2. The van der Waals surface area contributed by atoms with Gasteiger partial charge in [0.2, 0.25) is 0 Å². The lowest BCUT2D eigenvalue weighted by molar-refractivity contribution is 0.108. The van der Waals surface area contributed by atoms with Crippen LogP contribution in [-0.2, 0) is 4.74 Å². The number of nitrogens with two attached hydrogens (primary N) is 1. The van der Waals surface area contributed by atoms with Gasteiger partial charge in [-0.15, -0.1) is 0 Å². The van der Waals surface area contributed by atoms with E-state index < -0.39 is 0 Å². The molecule has 3 N–H and O–H groups in total. The summed E-state index contributed by atoms with van der Waals surface area (Å²) >= 11 is 0. The van der Waals surface area contributed by atoms with Crippen LogP contribution in [0.2, 0.25) is 0 Å². The van der Waals surface area contributed by atoms with Gasteiger partial charge in [-0.3, -0.25) is 0 Å². The summed E-state index contributed by atoms with van der Waals surface area (Å²) in [6.07, 6.45) is 2.25. The van der Waals surface area contributed by atoms with E-state index in [1.807, 2.05) is 23.6 Å². The minimum Gasteiger partial charge on any atom is -0.372 e. The normalized spacial score (nSPS) is 19.2. The quantitative estimate of drug-likeness (QED) is 0.866. The Hall–Kier alpha value is -1.66. The van der Waals surface area contributed by atoms with Crippen LogP contribution in [0.3, 0.4) is 0 Å². The second kappa shape index (κ2) is 5.14. The molecular weight excluding hydrogens is 242 g/mol. The van der Waals surface area contributed by atoms with Crippen LogP contribution in [0, 0.1) is 6.92 Å². The summed E-state index contributed by atoms with van der Waals surface area (Å²) in [6, 6.07) is 3.99. The van der Waals surface area contributed by atoms with E-state index in [0.717, 1.165) is 42.3 Å².